The summed E-state index contributed by atoms with van der Waals surface area (Å²) in [4.78, 5) is 23.0. The summed E-state index contributed by atoms with van der Waals surface area (Å²) in [6.07, 6.45) is 0. The molecule has 0 fully saturated rings. The van der Waals surface area contributed by atoms with Gasteiger partial charge in [-0.2, -0.15) is 0 Å². The number of halogens is 1. The Labute approximate surface area is 126 Å². The molecule has 0 bridgehead atoms. The number of anilines is 1. The molecular formula is C14H19BrN2O3. The Hall–Kier alpha value is -1.56. The summed E-state index contributed by atoms with van der Waals surface area (Å²) in [7, 11) is 0. The molecule has 0 aliphatic heterocycles. The van der Waals surface area contributed by atoms with E-state index in [0.29, 0.717) is 5.69 Å². The van der Waals surface area contributed by atoms with Crippen LogP contribution in [0.15, 0.2) is 16.6 Å². The normalized spacial score (nSPS) is 12.1. The highest BCUT2D eigenvalue weighted by Gasteiger charge is 2.23. The minimum atomic E-state index is -1.04. The van der Waals surface area contributed by atoms with Crippen molar-refractivity contribution in [3.05, 3.63) is 27.7 Å². The zero-order valence-electron chi connectivity index (χ0n) is 12.0. The summed E-state index contributed by atoms with van der Waals surface area (Å²) in [5.41, 5.74) is 2.51. The second-order valence-corrected chi connectivity index (χ2v) is 5.99. The predicted molar refractivity (Wildman–Crippen MR) is 82.0 cm³/mol. The number of aliphatic carboxylic acids is 1. The molecule has 20 heavy (non-hydrogen) atoms. The van der Waals surface area contributed by atoms with Crippen molar-refractivity contribution in [1.82, 2.24) is 5.32 Å². The lowest BCUT2D eigenvalue weighted by Gasteiger charge is -2.19. The molecule has 0 aromatic heterocycles. The fourth-order valence-electron chi connectivity index (χ4n) is 1.91. The van der Waals surface area contributed by atoms with Crippen LogP contribution in [0.5, 0.6) is 0 Å². The van der Waals surface area contributed by atoms with Crippen LogP contribution < -0.4 is 10.6 Å². The molecule has 1 rings (SSSR count). The smallest absolute Gasteiger partial charge is 0.326 e. The standard InChI is InChI=1S/C14H19BrN2O3/c1-7(2)11(13(18)19)16-14(20)17-12-8(3)5-10(15)6-9(12)4/h5-7,11H,1-4H3,(H,18,19)(H2,16,17,20)/t11-/m0/s1. The largest absolute Gasteiger partial charge is 0.480 e. The summed E-state index contributed by atoms with van der Waals surface area (Å²) in [5, 5.41) is 14.2. The van der Waals surface area contributed by atoms with Crippen molar-refractivity contribution in [2.24, 2.45) is 5.92 Å². The first-order chi connectivity index (χ1) is 9.22. The number of urea groups is 1. The van der Waals surface area contributed by atoms with Crippen LogP contribution in [0.25, 0.3) is 0 Å². The van der Waals surface area contributed by atoms with Crippen LogP contribution in [0.2, 0.25) is 0 Å². The van der Waals surface area contributed by atoms with E-state index in [9.17, 15) is 9.59 Å². The Morgan fingerprint density at radius 2 is 1.70 bits per heavy atom. The van der Waals surface area contributed by atoms with Crippen molar-refractivity contribution in [2.75, 3.05) is 5.32 Å². The van der Waals surface area contributed by atoms with Crippen molar-refractivity contribution in [2.45, 2.75) is 33.7 Å². The van der Waals surface area contributed by atoms with E-state index in [2.05, 4.69) is 26.6 Å². The molecule has 2 amide bonds. The molecule has 0 radical (unpaired) electrons. The number of aryl methyl sites for hydroxylation is 2. The van der Waals surface area contributed by atoms with Gasteiger partial charge in [-0.25, -0.2) is 9.59 Å². The number of carboxylic acids is 1. The molecule has 5 nitrogen and oxygen atoms in total. The van der Waals surface area contributed by atoms with Crippen LogP contribution in [0.1, 0.15) is 25.0 Å². The number of benzene rings is 1. The predicted octanol–water partition coefficient (Wildman–Crippen LogP) is 3.30. The van der Waals surface area contributed by atoms with Crippen LogP contribution in [0.4, 0.5) is 10.5 Å². The molecule has 0 unspecified atom stereocenters. The number of carbonyl (C=O) groups excluding carboxylic acids is 1. The van der Waals surface area contributed by atoms with E-state index in [1.807, 2.05) is 26.0 Å². The quantitative estimate of drug-likeness (QED) is 0.785. The summed E-state index contributed by atoms with van der Waals surface area (Å²) in [5.74, 6) is -1.23. The highest BCUT2D eigenvalue weighted by Crippen LogP contribution is 2.25. The number of hydrogen-bond acceptors (Lipinski definition) is 2. The molecule has 0 saturated heterocycles. The maximum Gasteiger partial charge on any atom is 0.326 e. The molecule has 1 aromatic carbocycles. The van der Waals surface area contributed by atoms with Crippen LogP contribution >= 0.6 is 15.9 Å². The molecule has 6 heteroatoms. The maximum absolute atomic E-state index is 11.9. The minimum absolute atomic E-state index is 0.189. The van der Waals surface area contributed by atoms with E-state index >= 15 is 0 Å². The van der Waals surface area contributed by atoms with E-state index in [4.69, 9.17) is 5.11 Å². The molecule has 0 heterocycles. The SMILES string of the molecule is Cc1cc(Br)cc(C)c1NC(=O)N[C@H](C(=O)O)C(C)C. The van der Waals surface area contributed by atoms with Crippen molar-refractivity contribution in [3.8, 4) is 0 Å². The first kappa shape index (κ1) is 16.5. The third-order valence-corrected chi connectivity index (χ3v) is 3.41. The van der Waals surface area contributed by atoms with Crippen LogP contribution in [0, 0.1) is 19.8 Å². The van der Waals surface area contributed by atoms with Crippen molar-refractivity contribution in [1.29, 1.82) is 0 Å². The molecule has 0 aliphatic rings. The Bertz CT molecular complexity index is 506. The summed E-state index contributed by atoms with van der Waals surface area (Å²) in [6.45, 7) is 7.25. The summed E-state index contributed by atoms with van der Waals surface area (Å²) < 4.78 is 0.934. The van der Waals surface area contributed by atoms with E-state index < -0.39 is 18.0 Å². The van der Waals surface area contributed by atoms with Gasteiger partial charge >= 0.3 is 12.0 Å². The number of rotatable bonds is 4. The van der Waals surface area contributed by atoms with Gasteiger partial charge in [0.1, 0.15) is 6.04 Å². The number of nitrogens with one attached hydrogen (secondary N) is 2. The topological polar surface area (TPSA) is 78.4 Å². The van der Waals surface area contributed by atoms with Gasteiger partial charge in [-0.3, -0.25) is 0 Å². The van der Waals surface area contributed by atoms with Crippen LogP contribution in [-0.2, 0) is 4.79 Å². The van der Waals surface area contributed by atoms with Crippen molar-refractivity contribution >= 4 is 33.6 Å². The van der Waals surface area contributed by atoms with Crippen LogP contribution in [-0.4, -0.2) is 23.1 Å². The van der Waals surface area contributed by atoms with E-state index in [-0.39, 0.29) is 5.92 Å². The average Bonchev–Trinajstić information content (AvgIpc) is 2.29. The molecule has 0 aliphatic carbocycles. The average molecular weight is 343 g/mol. The molecular weight excluding hydrogens is 324 g/mol. The zero-order chi connectivity index (χ0) is 15.4. The third kappa shape index (κ3) is 4.23. The first-order valence-electron chi connectivity index (χ1n) is 6.29. The number of hydrogen-bond donors (Lipinski definition) is 3. The molecule has 0 spiro atoms. The van der Waals surface area contributed by atoms with Gasteiger partial charge in [-0.1, -0.05) is 29.8 Å². The van der Waals surface area contributed by atoms with E-state index in [0.717, 1.165) is 15.6 Å². The Kier molecular flexibility index (Phi) is 5.56. The Morgan fingerprint density at radius 3 is 2.10 bits per heavy atom. The lowest BCUT2D eigenvalue weighted by Crippen LogP contribution is -2.46. The second-order valence-electron chi connectivity index (χ2n) is 5.07. The molecule has 1 aromatic rings. The van der Waals surface area contributed by atoms with Gasteiger partial charge < -0.3 is 15.7 Å². The number of amides is 2. The van der Waals surface area contributed by atoms with Gasteiger partial charge in [0.2, 0.25) is 0 Å². The maximum atomic E-state index is 11.9. The lowest BCUT2D eigenvalue weighted by molar-refractivity contribution is -0.140. The minimum Gasteiger partial charge on any atom is -0.480 e. The third-order valence-electron chi connectivity index (χ3n) is 2.96. The molecule has 3 N–H and O–H groups in total. The van der Waals surface area contributed by atoms with Crippen molar-refractivity contribution in [3.63, 3.8) is 0 Å². The fraction of sp³-hybridized carbons (Fsp3) is 0.429. The number of carbonyl (C=O) groups is 2. The van der Waals surface area contributed by atoms with Crippen molar-refractivity contribution < 1.29 is 14.7 Å². The van der Waals surface area contributed by atoms with Crippen LogP contribution in [0.3, 0.4) is 0 Å². The molecule has 0 saturated carbocycles. The van der Waals surface area contributed by atoms with E-state index in [1.165, 1.54) is 0 Å². The highest BCUT2D eigenvalue weighted by atomic mass is 79.9. The lowest BCUT2D eigenvalue weighted by atomic mass is 10.1. The summed E-state index contributed by atoms with van der Waals surface area (Å²) in [6, 6.07) is 2.35. The van der Waals surface area contributed by atoms with Gasteiger partial charge in [-0.05, 0) is 43.0 Å². The summed E-state index contributed by atoms with van der Waals surface area (Å²) >= 11 is 3.39. The van der Waals surface area contributed by atoms with Gasteiger partial charge in [0.15, 0.2) is 0 Å². The van der Waals surface area contributed by atoms with Gasteiger partial charge in [-0.15, -0.1) is 0 Å². The Morgan fingerprint density at radius 1 is 1.20 bits per heavy atom. The Balaban J connectivity index is 2.84. The molecule has 110 valence electrons. The highest BCUT2D eigenvalue weighted by molar-refractivity contribution is 9.10. The van der Waals surface area contributed by atoms with Gasteiger partial charge in [0, 0.05) is 10.2 Å². The fourth-order valence-corrected chi connectivity index (χ4v) is 2.60. The van der Waals surface area contributed by atoms with Gasteiger partial charge in [0.25, 0.3) is 0 Å². The molecule has 1 atom stereocenters. The first-order valence-corrected chi connectivity index (χ1v) is 7.08. The van der Waals surface area contributed by atoms with Gasteiger partial charge in [0.05, 0.1) is 0 Å². The number of carboxylic acid groups (broad SMARTS) is 1. The van der Waals surface area contributed by atoms with E-state index in [1.54, 1.807) is 13.8 Å². The monoisotopic (exact) mass is 342 g/mol. The second kappa shape index (κ2) is 6.74. The zero-order valence-corrected chi connectivity index (χ0v) is 13.5.